The summed E-state index contributed by atoms with van der Waals surface area (Å²) in [6.45, 7) is 0.309. The summed E-state index contributed by atoms with van der Waals surface area (Å²) in [4.78, 5) is 21.0. The van der Waals surface area contributed by atoms with Gasteiger partial charge in [-0.15, -0.1) is 0 Å². The number of carboxylic acids is 1. The number of aliphatic carboxylic acids is 1. The molecule has 0 amide bonds. The number of unbranched alkanes of at least 4 members (excludes halogenated alkanes) is 3. The van der Waals surface area contributed by atoms with Crippen LogP contribution in [0.5, 0.6) is 0 Å². The van der Waals surface area contributed by atoms with Crippen molar-refractivity contribution in [2.75, 3.05) is 6.61 Å². The van der Waals surface area contributed by atoms with Crippen molar-refractivity contribution in [1.29, 1.82) is 5.26 Å². The minimum absolute atomic E-state index is 0.0759. The molecule has 0 aliphatic carbocycles. The first-order chi connectivity index (χ1) is 7.16. The smallest absolute Gasteiger partial charge is 0.306 e. The quantitative estimate of drug-likeness (QED) is 0.487. The Bertz CT molecular complexity index is 244. The molecule has 0 aromatic carbocycles. The maximum absolute atomic E-state index is 10.9. The molecule has 0 saturated carbocycles. The standard InChI is InChI=1S/C10H15NO4/c11-7-3-1-2-4-8-15-10(14)6-5-9(12)13/h1-6,8H2,(H,12,13). The summed E-state index contributed by atoms with van der Waals surface area (Å²) < 4.78 is 4.79. The van der Waals surface area contributed by atoms with Crippen LogP contribution in [-0.4, -0.2) is 23.7 Å². The number of esters is 1. The molecule has 0 aromatic heterocycles. The van der Waals surface area contributed by atoms with Crippen LogP contribution in [0.3, 0.4) is 0 Å². The van der Waals surface area contributed by atoms with Crippen molar-refractivity contribution < 1.29 is 19.4 Å². The van der Waals surface area contributed by atoms with Crippen LogP contribution >= 0.6 is 0 Å². The SMILES string of the molecule is N#CCCCCCOC(=O)CCC(=O)O. The Balaban J connectivity index is 3.24. The number of hydrogen-bond donors (Lipinski definition) is 1. The van der Waals surface area contributed by atoms with Crippen molar-refractivity contribution in [3.63, 3.8) is 0 Å². The molecule has 0 radical (unpaired) electrons. The molecule has 0 aliphatic heterocycles. The Labute approximate surface area is 88.6 Å². The van der Waals surface area contributed by atoms with Gasteiger partial charge in [-0.05, 0) is 19.3 Å². The van der Waals surface area contributed by atoms with E-state index in [1.54, 1.807) is 0 Å². The summed E-state index contributed by atoms with van der Waals surface area (Å²) in [5.74, 6) is -1.47. The van der Waals surface area contributed by atoms with Crippen molar-refractivity contribution in [2.45, 2.75) is 38.5 Å². The topological polar surface area (TPSA) is 87.4 Å². The van der Waals surface area contributed by atoms with Crippen LogP contribution < -0.4 is 0 Å². The van der Waals surface area contributed by atoms with E-state index in [0.29, 0.717) is 13.0 Å². The summed E-state index contributed by atoms with van der Waals surface area (Å²) in [5, 5.41) is 16.5. The molecule has 0 saturated heterocycles. The van der Waals surface area contributed by atoms with Crippen LogP contribution in [0.25, 0.3) is 0 Å². The molecule has 1 N–H and O–H groups in total. The van der Waals surface area contributed by atoms with E-state index in [1.165, 1.54) is 0 Å². The van der Waals surface area contributed by atoms with Crippen LogP contribution in [0.1, 0.15) is 38.5 Å². The van der Waals surface area contributed by atoms with Gasteiger partial charge < -0.3 is 9.84 Å². The first-order valence-electron chi connectivity index (χ1n) is 4.91. The van der Waals surface area contributed by atoms with Crippen LogP contribution in [-0.2, 0) is 14.3 Å². The molecule has 0 aromatic rings. The minimum Gasteiger partial charge on any atom is -0.481 e. The fourth-order valence-electron chi connectivity index (χ4n) is 0.950. The van der Waals surface area contributed by atoms with Crippen molar-refractivity contribution >= 4 is 11.9 Å². The summed E-state index contributed by atoms with van der Waals surface area (Å²) in [6, 6.07) is 2.03. The van der Waals surface area contributed by atoms with Gasteiger partial charge in [0, 0.05) is 6.42 Å². The van der Waals surface area contributed by atoms with Gasteiger partial charge in [0.05, 0.1) is 25.5 Å². The highest BCUT2D eigenvalue weighted by Crippen LogP contribution is 2.00. The van der Waals surface area contributed by atoms with E-state index >= 15 is 0 Å². The molecule has 5 heteroatoms. The number of nitrogens with zero attached hydrogens (tertiary/aromatic N) is 1. The monoisotopic (exact) mass is 213 g/mol. The zero-order valence-electron chi connectivity index (χ0n) is 8.57. The molecule has 0 spiro atoms. The van der Waals surface area contributed by atoms with E-state index in [0.717, 1.165) is 19.3 Å². The number of hydrogen-bond acceptors (Lipinski definition) is 4. The molecule has 0 rings (SSSR count). The maximum Gasteiger partial charge on any atom is 0.306 e. The van der Waals surface area contributed by atoms with Gasteiger partial charge in [0.15, 0.2) is 0 Å². The van der Waals surface area contributed by atoms with Crippen LogP contribution in [0.2, 0.25) is 0 Å². The predicted octanol–water partition coefficient (Wildman–Crippen LogP) is 1.48. The minimum atomic E-state index is -0.999. The molecule has 0 heterocycles. The number of carbonyl (C=O) groups excluding carboxylic acids is 1. The van der Waals surface area contributed by atoms with Gasteiger partial charge in [0.2, 0.25) is 0 Å². The van der Waals surface area contributed by atoms with E-state index in [4.69, 9.17) is 15.1 Å². The van der Waals surface area contributed by atoms with Crippen LogP contribution in [0.4, 0.5) is 0 Å². The van der Waals surface area contributed by atoms with E-state index in [1.807, 2.05) is 6.07 Å². The number of carbonyl (C=O) groups is 2. The lowest BCUT2D eigenvalue weighted by Gasteiger charge is -2.02. The largest absolute Gasteiger partial charge is 0.481 e. The Kier molecular flexibility index (Phi) is 8.06. The molecule has 0 atom stereocenters. The van der Waals surface area contributed by atoms with Crippen molar-refractivity contribution in [2.24, 2.45) is 0 Å². The second-order valence-electron chi connectivity index (χ2n) is 3.08. The van der Waals surface area contributed by atoms with Gasteiger partial charge in [0.25, 0.3) is 0 Å². The van der Waals surface area contributed by atoms with Gasteiger partial charge in [-0.2, -0.15) is 5.26 Å². The van der Waals surface area contributed by atoms with Gasteiger partial charge in [-0.1, -0.05) is 0 Å². The van der Waals surface area contributed by atoms with E-state index in [9.17, 15) is 9.59 Å². The Morgan fingerprint density at radius 3 is 2.53 bits per heavy atom. The highest BCUT2D eigenvalue weighted by molar-refractivity contribution is 5.76. The fourth-order valence-corrected chi connectivity index (χ4v) is 0.950. The molecule has 0 bridgehead atoms. The lowest BCUT2D eigenvalue weighted by Crippen LogP contribution is -2.08. The average Bonchev–Trinajstić information content (AvgIpc) is 2.20. The molecule has 0 aliphatic rings. The van der Waals surface area contributed by atoms with Crippen LogP contribution in [0.15, 0.2) is 0 Å². The highest BCUT2D eigenvalue weighted by Gasteiger charge is 2.05. The molecule has 5 nitrogen and oxygen atoms in total. The summed E-state index contributed by atoms with van der Waals surface area (Å²) in [7, 11) is 0. The molecular weight excluding hydrogens is 198 g/mol. The van der Waals surface area contributed by atoms with E-state index in [-0.39, 0.29) is 12.8 Å². The summed E-state index contributed by atoms with van der Waals surface area (Å²) in [6.07, 6.45) is 2.64. The summed E-state index contributed by atoms with van der Waals surface area (Å²) >= 11 is 0. The number of nitriles is 1. The Morgan fingerprint density at radius 1 is 1.20 bits per heavy atom. The molecule has 0 fully saturated rings. The number of rotatable bonds is 8. The lowest BCUT2D eigenvalue weighted by atomic mass is 10.2. The first kappa shape index (κ1) is 13.4. The molecular formula is C10H15NO4. The fraction of sp³-hybridized carbons (Fsp3) is 0.700. The second kappa shape index (κ2) is 9.00. The number of ether oxygens (including phenoxy) is 1. The van der Waals surface area contributed by atoms with Crippen molar-refractivity contribution in [3.05, 3.63) is 0 Å². The molecule has 84 valence electrons. The van der Waals surface area contributed by atoms with Gasteiger partial charge in [0.1, 0.15) is 0 Å². The molecule has 15 heavy (non-hydrogen) atoms. The highest BCUT2D eigenvalue weighted by atomic mass is 16.5. The third kappa shape index (κ3) is 10.4. The average molecular weight is 213 g/mol. The zero-order chi connectivity index (χ0) is 11.5. The van der Waals surface area contributed by atoms with Gasteiger partial charge in [-0.3, -0.25) is 9.59 Å². The first-order valence-corrected chi connectivity index (χ1v) is 4.91. The van der Waals surface area contributed by atoms with Crippen molar-refractivity contribution in [1.82, 2.24) is 0 Å². The van der Waals surface area contributed by atoms with Crippen molar-refractivity contribution in [3.8, 4) is 6.07 Å². The summed E-state index contributed by atoms with van der Waals surface area (Å²) in [5.41, 5.74) is 0. The lowest BCUT2D eigenvalue weighted by molar-refractivity contribution is -0.147. The zero-order valence-corrected chi connectivity index (χ0v) is 8.57. The number of carboxylic acid groups (broad SMARTS) is 1. The maximum atomic E-state index is 10.9. The Hall–Kier alpha value is -1.57. The van der Waals surface area contributed by atoms with E-state index < -0.39 is 11.9 Å². The van der Waals surface area contributed by atoms with Gasteiger partial charge >= 0.3 is 11.9 Å². The van der Waals surface area contributed by atoms with Crippen LogP contribution in [0, 0.1) is 11.3 Å². The van der Waals surface area contributed by atoms with E-state index in [2.05, 4.69) is 0 Å². The molecule has 0 unspecified atom stereocenters. The second-order valence-corrected chi connectivity index (χ2v) is 3.08. The third-order valence-corrected chi connectivity index (χ3v) is 1.74. The third-order valence-electron chi connectivity index (χ3n) is 1.74. The predicted molar refractivity (Wildman–Crippen MR) is 51.9 cm³/mol. The normalized spacial score (nSPS) is 9.27. The Morgan fingerprint density at radius 2 is 1.93 bits per heavy atom. The van der Waals surface area contributed by atoms with Gasteiger partial charge in [-0.25, -0.2) is 0 Å².